The van der Waals surface area contributed by atoms with Crippen molar-refractivity contribution in [1.82, 2.24) is 4.98 Å². The highest BCUT2D eigenvalue weighted by Crippen LogP contribution is 2.42. The molecule has 226 valence electrons. The van der Waals surface area contributed by atoms with Crippen molar-refractivity contribution >= 4 is 91.2 Å². The van der Waals surface area contributed by atoms with Crippen molar-refractivity contribution in [3.8, 4) is 22.6 Å². The minimum atomic E-state index is 0.654. The Morgan fingerprint density at radius 2 is 1.04 bits per heavy atom. The second-order valence-electron chi connectivity index (χ2n) is 12.0. The standard InChI is InChI=1S/C43H26N2OS2/c1-3-9-28(10-4-1)43-44-37-25-36-35-23-29(17-22-40(35)48-42(36)26-38(37)46-43)27-15-18-31(19-16-27)45(30-11-5-2-6-12-30)32-20-21-34-33-13-7-8-14-39(33)47-41(34)24-32/h1-26H. The minimum Gasteiger partial charge on any atom is -0.436 e. The summed E-state index contributed by atoms with van der Waals surface area (Å²) >= 11 is 3.65. The number of anilines is 3. The lowest BCUT2D eigenvalue weighted by Gasteiger charge is -2.25. The zero-order valence-corrected chi connectivity index (χ0v) is 27.3. The lowest BCUT2D eigenvalue weighted by Crippen LogP contribution is -2.09. The van der Waals surface area contributed by atoms with E-state index < -0.39 is 0 Å². The predicted octanol–water partition coefficient (Wildman–Crippen LogP) is 13.4. The number of aromatic nitrogens is 1. The molecule has 48 heavy (non-hydrogen) atoms. The first-order chi connectivity index (χ1) is 23.7. The summed E-state index contributed by atoms with van der Waals surface area (Å²) in [6, 6.07) is 56.2. The van der Waals surface area contributed by atoms with Gasteiger partial charge in [0, 0.05) is 69.0 Å². The number of hydrogen-bond donors (Lipinski definition) is 0. The topological polar surface area (TPSA) is 29.3 Å². The summed E-state index contributed by atoms with van der Waals surface area (Å²) in [7, 11) is 0. The summed E-state index contributed by atoms with van der Waals surface area (Å²) in [5.74, 6) is 0.654. The van der Waals surface area contributed by atoms with E-state index in [1.54, 1.807) is 11.3 Å². The van der Waals surface area contributed by atoms with Gasteiger partial charge in [-0.15, -0.1) is 22.7 Å². The normalized spacial score (nSPS) is 11.8. The van der Waals surface area contributed by atoms with Crippen molar-refractivity contribution in [3.05, 3.63) is 158 Å². The maximum atomic E-state index is 6.17. The number of oxazole rings is 1. The van der Waals surface area contributed by atoms with Crippen molar-refractivity contribution in [3.63, 3.8) is 0 Å². The molecule has 7 aromatic carbocycles. The molecular formula is C43H26N2OS2. The molecular weight excluding hydrogens is 625 g/mol. The molecule has 0 aliphatic rings. The molecule has 10 rings (SSSR count). The number of hydrogen-bond acceptors (Lipinski definition) is 5. The zero-order valence-electron chi connectivity index (χ0n) is 25.6. The lowest BCUT2D eigenvalue weighted by atomic mass is 10.0. The van der Waals surface area contributed by atoms with Gasteiger partial charge in [-0.25, -0.2) is 4.98 Å². The molecule has 0 aliphatic heterocycles. The van der Waals surface area contributed by atoms with Gasteiger partial charge in [0.2, 0.25) is 5.89 Å². The first kappa shape index (κ1) is 27.4. The van der Waals surface area contributed by atoms with E-state index in [2.05, 4.69) is 132 Å². The number of para-hydroxylation sites is 1. The zero-order chi connectivity index (χ0) is 31.6. The number of nitrogens with zero attached hydrogens (tertiary/aromatic N) is 2. The van der Waals surface area contributed by atoms with Crippen LogP contribution in [0.25, 0.3) is 74.0 Å². The van der Waals surface area contributed by atoms with Gasteiger partial charge < -0.3 is 9.32 Å². The molecule has 0 fully saturated rings. The van der Waals surface area contributed by atoms with E-state index in [0.29, 0.717) is 5.89 Å². The third-order valence-corrected chi connectivity index (χ3v) is 11.4. The number of benzene rings is 7. The Hall–Kier alpha value is -5.75. The van der Waals surface area contributed by atoms with Gasteiger partial charge >= 0.3 is 0 Å². The molecule has 0 amide bonds. The molecule has 0 unspecified atom stereocenters. The van der Waals surface area contributed by atoms with E-state index in [1.165, 1.54) is 51.5 Å². The van der Waals surface area contributed by atoms with Crippen molar-refractivity contribution in [2.24, 2.45) is 0 Å². The molecule has 0 saturated heterocycles. The molecule has 3 nitrogen and oxygen atoms in total. The molecule has 0 N–H and O–H groups in total. The number of fused-ring (bicyclic) bond motifs is 7. The monoisotopic (exact) mass is 650 g/mol. The van der Waals surface area contributed by atoms with Gasteiger partial charge in [-0.3, -0.25) is 0 Å². The molecule has 0 atom stereocenters. The first-order valence-corrected chi connectivity index (χ1v) is 17.6. The van der Waals surface area contributed by atoms with Crippen LogP contribution in [-0.2, 0) is 0 Å². The third kappa shape index (κ3) is 4.51. The van der Waals surface area contributed by atoms with Gasteiger partial charge in [0.15, 0.2) is 5.58 Å². The van der Waals surface area contributed by atoms with Gasteiger partial charge in [0.05, 0.1) is 0 Å². The Balaban J connectivity index is 1.03. The number of thiophene rings is 2. The van der Waals surface area contributed by atoms with Crippen molar-refractivity contribution in [2.45, 2.75) is 0 Å². The van der Waals surface area contributed by atoms with Crippen LogP contribution in [0.3, 0.4) is 0 Å². The maximum Gasteiger partial charge on any atom is 0.227 e. The Labute approximate surface area is 284 Å². The van der Waals surface area contributed by atoms with Gasteiger partial charge in [-0.05, 0) is 83.9 Å². The average molecular weight is 651 g/mol. The molecule has 10 aromatic rings. The SMILES string of the molecule is c1ccc(-c2nc3cc4c(cc3o2)sc2ccc(-c3ccc(N(c5ccccc5)c5ccc6c(c5)sc5ccccc56)cc3)cc24)cc1. The summed E-state index contributed by atoms with van der Waals surface area (Å²) in [6.45, 7) is 0. The summed E-state index contributed by atoms with van der Waals surface area (Å²) < 4.78 is 11.2. The fraction of sp³-hybridized carbons (Fsp3) is 0. The third-order valence-electron chi connectivity index (χ3n) is 9.09. The second kappa shape index (κ2) is 10.9. The van der Waals surface area contributed by atoms with Crippen LogP contribution in [0.1, 0.15) is 0 Å². The highest BCUT2D eigenvalue weighted by molar-refractivity contribution is 7.26. The van der Waals surface area contributed by atoms with Crippen LogP contribution in [0.15, 0.2) is 162 Å². The van der Waals surface area contributed by atoms with Crippen LogP contribution in [-0.4, -0.2) is 4.98 Å². The average Bonchev–Trinajstić information content (AvgIpc) is 3.84. The van der Waals surface area contributed by atoms with E-state index in [9.17, 15) is 0 Å². The molecule has 0 aliphatic carbocycles. The molecule has 0 spiro atoms. The minimum absolute atomic E-state index is 0.654. The van der Waals surface area contributed by atoms with Crippen LogP contribution < -0.4 is 4.90 Å². The Morgan fingerprint density at radius 1 is 0.417 bits per heavy atom. The Morgan fingerprint density at radius 3 is 1.88 bits per heavy atom. The highest BCUT2D eigenvalue weighted by Gasteiger charge is 2.16. The second-order valence-corrected chi connectivity index (χ2v) is 14.2. The predicted molar refractivity (Wildman–Crippen MR) is 205 cm³/mol. The first-order valence-electron chi connectivity index (χ1n) is 15.9. The van der Waals surface area contributed by atoms with E-state index in [-0.39, 0.29) is 0 Å². The maximum absolute atomic E-state index is 6.17. The summed E-state index contributed by atoms with van der Waals surface area (Å²) in [5, 5.41) is 5.07. The van der Waals surface area contributed by atoms with Gasteiger partial charge in [-0.2, -0.15) is 0 Å². The smallest absolute Gasteiger partial charge is 0.227 e. The van der Waals surface area contributed by atoms with Crippen LogP contribution >= 0.6 is 22.7 Å². The fourth-order valence-corrected chi connectivity index (χ4v) is 9.00. The fourth-order valence-electron chi connectivity index (χ4n) is 6.76. The molecule has 0 radical (unpaired) electrons. The molecule has 3 aromatic heterocycles. The largest absolute Gasteiger partial charge is 0.436 e. The summed E-state index contributed by atoms with van der Waals surface area (Å²) in [4.78, 5) is 7.18. The van der Waals surface area contributed by atoms with Gasteiger partial charge in [0.25, 0.3) is 0 Å². The van der Waals surface area contributed by atoms with E-state index in [0.717, 1.165) is 33.7 Å². The summed E-state index contributed by atoms with van der Waals surface area (Å²) in [5.41, 5.74) is 8.46. The quantitative estimate of drug-likeness (QED) is 0.186. The van der Waals surface area contributed by atoms with Crippen molar-refractivity contribution in [1.29, 1.82) is 0 Å². The van der Waals surface area contributed by atoms with E-state index >= 15 is 0 Å². The molecule has 0 bridgehead atoms. The Kier molecular flexibility index (Phi) is 6.22. The van der Waals surface area contributed by atoms with Crippen LogP contribution in [0.4, 0.5) is 17.1 Å². The van der Waals surface area contributed by atoms with Crippen molar-refractivity contribution < 1.29 is 4.42 Å². The Bertz CT molecular complexity index is 2780. The van der Waals surface area contributed by atoms with Crippen LogP contribution in [0.2, 0.25) is 0 Å². The van der Waals surface area contributed by atoms with Crippen molar-refractivity contribution in [2.75, 3.05) is 4.90 Å². The van der Waals surface area contributed by atoms with E-state index in [4.69, 9.17) is 9.40 Å². The summed E-state index contributed by atoms with van der Waals surface area (Å²) in [6.07, 6.45) is 0. The number of rotatable bonds is 5. The highest BCUT2D eigenvalue weighted by atomic mass is 32.1. The molecule has 3 heterocycles. The van der Waals surface area contributed by atoms with Gasteiger partial charge in [0.1, 0.15) is 5.52 Å². The van der Waals surface area contributed by atoms with Gasteiger partial charge in [-0.1, -0.05) is 78.9 Å². The molecule has 5 heteroatoms. The van der Waals surface area contributed by atoms with Crippen LogP contribution in [0, 0.1) is 0 Å². The lowest BCUT2D eigenvalue weighted by molar-refractivity contribution is 0.620. The van der Waals surface area contributed by atoms with E-state index in [1.807, 2.05) is 41.7 Å². The van der Waals surface area contributed by atoms with Crippen LogP contribution in [0.5, 0.6) is 0 Å². The molecule has 0 saturated carbocycles.